The van der Waals surface area contributed by atoms with E-state index in [9.17, 15) is 9.90 Å². The second-order valence-electron chi connectivity index (χ2n) is 5.77. The summed E-state index contributed by atoms with van der Waals surface area (Å²) in [5.74, 6) is 0.327. The number of rotatable bonds is 6. The van der Waals surface area contributed by atoms with Crippen LogP contribution in [0.3, 0.4) is 0 Å². The minimum absolute atomic E-state index is 0.0773. The van der Waals surface area contributed by atoms with E-state index in [1.165, 1.54) is 0 Å². The first-order valence-corrected chi connectivity index (χ1v) is 8.34. The number of hydrogen-bond acceptors (Lipinski definition) is 4. The minimum Gasteiger partial charge on any atom is -0.392 e. The number of halogens is 1. The van der Waals surface area contributed by atoms with Gasteiger partial charge in [0.25, 0.3) is 0 Å². The number of carbonyl (C=O) groups is 1. The number of para-hydroxylation sites is 3. The highest BCUT2D eigenvalue weighted by Crippen LogP contribution is 2.22. The largest absolute Gasteiger partial charge is 0.392 e. The van der Waals surface area contributed by atoms with Gasteiger partial charge in [-0.15, -0.1) is 0 Å². The molecule has 0 saturated carbocycles. The number of anilines is 2. The van der Waals surface area contributed by atoms with E-state index in [2.05, 4.69) is 15.6 Å². The third-order valence-electron chi connectivity index (χ3n) is 3.66. The summed E-state index contributed by atoms with van der Waals surface area (Å²) < 4.78 is 1.78. The zero-order valence-corrected chi connectivity index (χ0v) is 14.5. The van der Waals surface area contributed by atoms with Crippen LogP contribution in [0.25, 0.3) is 11.0 Å². The Morgan fingerprint density at radius 2 is 1.96 bits per heavy atom. The molecule has 0 spiro atoms. The maximum atomic E-state index is 12.5. The lowest BCUT2D eigenvalue weighted by atomic mass is 10.3. The summed E-state index contributed by atoms with van der Waals surface area (Å²) >= 11 is 6.09. The molecular weight excluding hydrogens is 340 g/mol. The van der Waals surface area contributed by atoms with Gasteiger partial charge in [-0.05, 0) is 31.2 Å². The molecule has 1 aromatic heterocycles. The monoisotopic (exact) mass is 358 g/mol. The lowest BCUT2D eigenvalue weighted by Crippen LogP contribution is -2.22. The summed E-state index contributed by atoms with van der Waals surface area (Å²) in [5, 5.41) is 15.9. The van der Waals surface area contributed by atoms with Crippen molar-refractivity contribution in [3.8, 4) is 0 Å². The molecule has 0 radical (unpaired) electrons. The van der Waals surface area contributed by atoms with Crippen LogP contribution in [0.4, 0.5) is 11.6 Å². The Morgan fingerprint density at radius 3 is 2.72 bits per heavy atom. The van der Waals surface area contributed by atoms with E-state index < -0.39 is 6.10 Å². The summed E-state index contributed by atoms with van der Waals surface area (Å²) in [5.41, 5.74) is 2.18. The molecule has 3 rings (SSSR count). The van der Waals surface area contributed by atoms with E-state index in [0.29, 0.717) is 23.2 Å². The molecule has 0 aliphatic carbocycles. The minimum atomic E-state index is -0.523. The average molecular weight is 359 g/mol. The summed E-state index contributed by atoms with van der Waals surface area (Å²) in [6, 6.07) is 14.7. The number of benzene rings is 2. The van der Waals surface area contributed by atoms with Gasteiger partial charge in [0.05, 0.1) is 27.8 Å². The standard InChI is InChI=1S/C18H19ClN4O2/c1-12(24)10-20-18-22-15-8-4-5-9-16(15)23(18)11-17(25)21-14-7-3-2-6-13(14)19/h2-9,12,24H,10-11H2,1H3,(H,20,22)(H,21,25). The normalized spacial score (nSPS) is 12.1. The topological polar surface area (TPSA) is 79.2 Å². The third-order valence-corrected chi connectivity index (χ3v) is 3.99. The molecule has 2 aromatic carbocycles. The van der Waals surface area contributed by atoms with Gasteiger partial charge >= 0.3 is 0 Å². The van der Waals surface area contributed by atoms with Crippen molar-refractivity contribution in [1.29, 1.82) is 0 Å². The smallest absolute Gasteiger partial charge is 0.244 e. The van der Waals surface area contributed by atoms with Crippen molar-refractivity contribution in [2.45, 2.75) is 19.6 Å². The quantitative estimate of drug-likeness (QED) is 0.632. The number of nitrogens with zero attached hydrogens (tertiary/aromatic N) is 2. The number of fused-ring (bicyclic) bond motifs is 1. The highest BCUT2D eigenvalue weighted by atomic mass is 35.5. The molecule has 1 unspecified atom stereocenters. The molecule has 0 aliphatic rings. The van der Waals surface area contributed by atoms with Gasteiger partial charge in [0.1, 0.15) is 6.54 Å². The summed E-state index contributed by atoms with van der Waals surface area (Å²) in [4.78, 5) is 17.0. The highest BCUT2D eigenvalue weighted by molar-refractivity contribution is 6.33. The fourth-order valence-corrected chi connectivity index (χ4v) is 2.69. The first-order chi connectivity index (χ1) is 12.0. The van der Waals surface area contributed by atoms with Crippen molar-refractivity contribution in [2.75, 3.05) is 17.2 Å². The number of amides is 1. The van der Waals surface area contributed by atoms with Crippen LogP contribution in [0, 0.1) is 0 Å². The molecule has 0 bridgehead atoms. The molecule has 3 N–H and O–H groups in total. The van der Waals surface area contributed by atoms with Gasteiger partial charge in [-0.3, -0.25) is 4.79 Å². The highest BCUT2D eigenvalue weighted by Gasteiger charge is 2.14. The zero-order chi connectivity index (χ0) is 17.8. The number of carbonyl (C=O) groups excluding carboxylic acids is 1. The van der Waals surface area contributed by atoms with Crippen LogP contribution in [0.15, 0.2) is 48.5 Å². The maximum absolute atomic E-state index is 12.5. The molecule has 1 amide bonds. The molecule has 7 heteroatoms. The Kier molecular flexibility index (Phi) is 5.21. The van der Waals surface area contributed by atoms with E-state index in [1.54, 1.807) is 29.7 Å². The van der Waals surface area contributed by atoms with Crippen molar-refractivity contribution in [1.82, 2.24) is 9.55 Å². The fourth-order valence-electron chi connectivity index (χ4n) is 2.51. The van der Waals surface area contributed by atoms with Gasteiger partial charge in [0.2, 0.25) is 11.9 Å². The molecule has 25 heavy (non-hydrogen) atoms. The lowest BCUT2D eigenvalue weighted by Gasteiger charge is -2.12. The third kappa shape index (κ3) is 4.10. The lowest BCUT2D eigenvalue weighted by molar-refractivity contribution is -0.116. The van der Waals surface area contributed by atoms with Crippen molar-refractivity contribution in [2.24, 2.45) is 0 Å². The van der Waals surface area contributed by atoms with Gasteiger partial charge in [-0.1, -0.05) is 35.9 Å². The molecule has 6 nitrogen and oxygen atoms in total. The fraction of sp³-hybridized carbons (Fsp3) is 0.222. The maximum Gasteiger partial charge on any atom is 0.244 e. The Hall–Kier alpha value is -2.57. The van der Waals surface area contributed by atoms with Crippen LogP contribution in [-0.2, 0) is 11.3 Å². The first kappa shape index (κ1) is 17.3. The molecule has 0 saturated heterocycles. The average Bonchev–Trinajstić information content (AvgIpc) is 2.93. The first-order valence-electron chi connectivity index (χ1n) is 7.96. The van der Waals surface area contributed by atoms with E-state index in [0.717, 1.165) is 11.0 Å². The Labute approximate surface area is 150 Å². The van der Waals surface area contributed by atoms with Crippen LogP contribution in [0.5, 0.6) is 0 Å². The van der Waals surface area contributed by atoms with Gasteiger partial charge in [0, 0.05) is 6.54 Å². The van der Waals surface area contributed by atoms with Gasteiger partial charge in [-0.25, -0.2) is 4.98 Å². The van der Waals surface area contributed by atoms with Crippen molar-refractivity contribution < 1.29 is 9.90 Å². The number of nitrogens with one attached hydrogen (secondary N) is 2. The Bertz CT molecular complexity index is 892. The predicted octanol–water partition coefficient (Wildman–Crippen LogP) is 3.12. The van der Waals surface area contributed by atoms with E-state index in [4.69, 9.17) is 11.6 Å². The van der Waals surface area contributed by atoms with Gasteiger partial charge in [-0.2, -0.15) is 0 Å². The number of aromatic nitrogens is 2. The molecule has 0 fully saturated rings. The summed E-state index contributed by atoms with van der Waals surface area (Å²) in [7, 11) is 0. The van der Waals surface area contributed by atoms with E-state index in [1.807, 2.05) is 30.3 Å². The number of imidazole rings is 1. The predicted molar refractivity (Wildman–Crippen MR) is 100.0 cm³/mol. The second-order valence-corrected chi connectivity index (χ2v) is 6.18. The van der Waals surface area contributed by atoms with Crippen molar-refractivity contribution in [3.05, 3.63) is 53.6 Å². The van der Waals surface area contributed by atoms with E-state index in [-0.39, 0.29) is 12.5 Å². The number of aliphatic hydroxyl groups is 1. The molecule has 0 aliphatic heterocycles. The summed E-state index contributed by atoms with van der Waals surface area (Å²) in [6.07, 6.45) is -0.523. The van der Waals surface area contributed by atoms with Crippen LogP contribution in [0.2, 0.25) is 5.02 Å². The molecule has 1 heterocycles. The second kappa shape index (κ2) is 7.55. The molecule has 130 valence electrons. The van der Waals surface area contributed by atoms with E-state index >= 15 is 0 Å². The molecular formula is C18H19ClN4O2. The number of aliphatic hydroxyl groups excluding tert-OH is 1. The Balaban J connectivity index is 1.85. The van der Waals surface area contributed by atoms with Crippen molar-refractivity contribution >= 4 is 40.2 Å². The molecule has 3 aromatic rings. The van der Waals surface area contributed by atoms with Crippen LogP contribution < -0.4 is 10.6 Å². The zero-order valence-electron chi connectivity index (χ0n) is 13.7. The van der Waals surface area contributed by atoms with Crippen LogP contribution >= 0.6 is 11.6 Å². The SMILES string of the molecule is CC(O)CNc1nc2ccccc2n1CC(=O)Nc1ccccc1Cl. The van der Waals surface area contributed by atoms with Crippen LogP contribution in [0.1, 0.15) is 6.92 Å². The van der Waals surface area contributed by atoms with Crippen molar-refractivity contribution in [3.63, 3.8) is 0 Å². The van der Waals surface area contributed by atoms with Gasteiger partial charge < -0.3 is 20.3 Å². The number of hydrogen-bond donors (Lipinski definition) is 3. The summed E-state index contributed by atoms with van der Waals surface area (Å²) in [6.45, 7) is 2.10. The molecule has 1 atom stereocenters. The van der Waals surface area contributed by atoms with Gasteiger partial charge in [0.15, 0.2) is 0 Å². The Morgan fingerprint density at radius 1 is 1.24 bits per heavy atom. The van der Waals surface area contributed by atoms with Crippen LogP contribution in [-0.4, -0.2) is 33.2 Å².